The topological polar surface area (TPSA) is 67.0 Å². The number of amides is 1. The number of nitrogens with one attached hydrogen (secondary N) is 2. The number of hydrogen-bond acceptors (Lipinski definition) is 3. The van der Waals surface area contributed by atoms with Gasteiger partial charge in [-0.25, -0.2) is 4.98 Å². The van der Waals surface area contributed by atoms with Crippen molar-refractivity contribution < 1.29 is 9.53 Å². The first-order valence-corrected chi connectivity index (χ1v) is 6.09. The second kappa shape index (κ2) is 8.75. The van der Waals surface area contributed by atoms with Crippen LogP contribution in [0.2, 0.25) is 0 Å². The zero-order chi connectivity index (χ0) is 12.3. The molecule has 96 valence electrons. The van der Waals surface area contributed by atoms with Crippen LogP contribution >= 0.6 is 0 Å². The van der Waals surface area contributed by atoms with E-state index in [0.717, 1.165) is 44.6 Å². The van der Waals surface area contributed by atoms with E-state index in [2.05, 4.69) is 15.3 Å². The zero-order valence-electron chi connectivity index (χ0n) is 10.4. The highest BCUT2D eigenvalue weighted by Crippen LogP contribution is 1.99. The Labute approximate surface area is 102 Å². The van der Waals surface area contributed by atoms with Gasteiger partial charge in [-0.15, -0.1) is 0 Å². The predicted molar refractivity (Wildman–Crippen MR) is 65.6 cm³/mol. The molecule has 5 nitrogen and oxygen atoms in total. The van der Waals surface area contributed by atoms with E-state index in [-0.39, 0.29) is 5.91 Å². The zero-order valence-corrected chi connectivity index (χ0v) is 10.4. The van der Waals surface area contributed by atoms with E-state index in [1.165, 1.54) is 0 Å². The molecule has 0 fully saturated rings. The summed E-state index contributed by atoms with van der Waals surface area (Å²) in [6, 6.07) is 0. The molecule has 1 amide bonds. The van der Waals surface area contributed by atoms with Crippen molar-refractivity contribution in [2.75, 3.05) is 20.3 Å². The Balaban J connectivity index is 1.83. The fourth-order valence-electron chi connectivity index (χ4n) is 1.50. The van der Waals surface area contributed by atoms with Crippen LogP contribution in [0.5, 0.6) is 0 Å². The third-order valence-electron chi connectivity index (χ3n) is 2.50. The van der Waals surface area contributed by atoms with E-state index in [9.17, 15) is 4.79 Å². The summed E-state index contributed by atoms with van der Waals surface area (Å²) in [5.74, 6) is 0.100. The molecule has 1 aromatic heterocycles. The number of rotatable bonds is 9. The summed E-state index contributed by atoms with van der Waals surface area (Å²) in [4.78, 5) is 18.0. The molecule has 0 radical (unpaired) electrons. The van der Waals surface area contributed by atoms with Gasteiger partial charge in [-0.3, -0.25) is 4.79 Å². The van der Waals surface area contributed by atoms with Crippen LogP contribution in [0.1, 0.15) is 31.4 Å². The van der Waals surface area contributed by atoms with Crippen LogP contribution in [0, 0.1) is 0 Å². The number of H-pyrrole nitrogens is 1. The fourth-order valence-corrected chi connectivity index (χ4v) is 1.50. The predicted octanol–water partition coefficient (Wildman–Crippen LogP) is 1.28. The Kier molecular flexibility index (Phi) is 7.06. The summed E-state index contributed by atoms with van der Waals surface area (Å²) in [5.41, 5.74) is 1.08. The van der Waals surface area contributed by atoms with Crippen LogP contribution in [0.25, 0.3) is 0 Å². The van der Waals surface area contributed by atoms with E-state index in [1.54, 1.807) is 13.4 Å². The molecule has 1 rings (SSSR count). The lowest BCUT2D eigenvalue weighted by Gasteiger charge is -2.03. The van der Waals surface area contributed by atoms with Gasteiger partial charge in [0.2, 0.25) is 5.91 Å². The molecule has 0 atom stereocenters. The van der Waals surface area contributed by atoms with Crippen LogP contribution in [-0.2, 0) is 16.0 Å². The molecule has 1 heterocycles. The third kappa shape index (κ3) is 6.73. The van der Waals surface area contributed by atoms with E-state index < -0.39 is 0 Å². The molecule has 0 bridgehead atoms. The van der Waals surface area contributed by atoms with Gasteiger partial charge >= 0.3 is 0 Å². The van der Waals surface area contributed by atoms with Crippen molar-refractivity contribution >= 4 is 5.91 Å². The number of nitrogens with zero attached hydrogens (tertiary/aromatic N) is 1. The Morgan fingerprint density at radius 2 is 2.24 bits per heavy atom. The largest absolute Gasteiger partial charge is 0.381 e. The van der Waals surface area contributed by atoms with Gasteiger partial charge in [-0.05, 0) is 25.7 Å². The number of aromatic nitrogens is 2. The Morgan fingerprint density at radius 3 is 2.94 bits per heavy atom. The summed E-state index contributed by atoms with van der Waals surface area (Å²) in [6.07, 6.45) is 7.95. The van der Waals surface area contributed by atoms with Crippen LogP contribution in [-0.4, -0.2) is 36.1 Å². The molecule has 0 spiro atoms. The first kappa shape index (κ1) is 13.7. The van der Waals surface area contributed by atoms with Gasteiger partial charge < -0.3 is 15.0 Å². The average molecular weight is 239 g/mol. The van der Waals surface area contributed by atoms with Crippen LogP contribution in [0.3, 0.4) is 0 Å². The van der Waals surface area contributed by atoms with Gasteiger partial charge in [0.25, 0.3) is 0 Å². The molecule has 0 aliphatic carbocycles. The van der Waals surface area contributed by atoms with Crippen LogP contribution in [0.15, 0.2) is 12.5 Å². The second-order valence-electron chi connectivity index (χ2n) is 3.91. The highest BCUT2D eigenvalue weighted by atomic mass is 16.5. The first-order chi connectivity index (χ1) is 8.33. The lowest BCUT2D eigenvalue weighted by atomic mass is 10.2. The van der Waals surface area contributed by atoms with Gasteiger partial charge in [0.1, 0.15) is 0 Å². The minimum absolute atomic E-state index is 0.100. The van der Waals surface area contributed by atoms with E-state index in [4.69, 9.17) is 4.74 Å². The molecule has 0 aliphatic rings. The van der Waals surface area contributed by atoms with Gasteiger partial charge in [0.15, 0.2) is 0 Å². The number of aromatic amines is 1. The quantitative estimate of drug-likeness (QED) is 0.638. The highest BCUT2D eigenvalue weighted by Gasteiger charge is 1.98. The Bertz CT molecular complexity index is 299. The van der Waals surface area contributed by atoms with Crippen LogP contribution in [0.4, 0.5) is 0 Å². The number of carbonyl (C=O) groups is 1. The van der Waals surface area contributed by atoms with Crippen molar-refractivity contribution in [2.24, 2.45) is 0 Å². The molecule has 1 aromatic rings. The molecular formula is C12H21N3O2. The SMILES string of the molecule is CNC(=O)CCCCOCCCc1c[nH]cn1. The molecule has 17 heavy (non-hydrogen) atoms. The summed E-state index contributed by atoms with van der Waals surface area (Å²) in [6.45, 7) is 1.49. The number of hydrogen-bond donors (Lipinski definition) is 2. The van der Waals surface area contributed by atoms with Crippen molar-refractivity contribution in [3.8, 4) is 0 Å². The van der Waals surface area contributed by atoms with Gasteiger partial charge in [-0.2, -0.15) is 0 Å². The van der Waals surface area contributed by atoms with Crippen molar-refractivity contribution in [1.29, 1.82) is 0 Å². The number of carbonyl (C=O) groups excluding carboxylic acids is 1. The number of aryl methyl sites for hydroxylation is 1. The number of imidazole rings is 1. The van der Waals surface area contributed by atoms with Gasteiger partial charge in [0, 0.05) is 32.9 Å². The summed E-state index contributed by atoms with van der Waals surface area (Å²) in [7, 11) is 1.66. The minimum atomic E-state index is 0.100. The van der Waals surface area contributed by atoms with Crippen molar-refractivity contribution in [3.63, 3.8) is 0 Å². The molecule has 0 saturated heterocycles. The summed E-state index contributed by atoms with van der Waals surface area (Å²) in [5, 5.41) is 2.60. The lowest BCUT2D eigenvalue weighted by Crippen LogP contribution is -2.17. The number of ether oxygens (including phenoxy) is 1. The standard InChI is InChI=1S/C12H21N3O2/c1-13-12(16)6-2-3-7-17-8-4-5-11-9-14-10-15-11/h9-10H,2-8H2,1H3,(H,13,16)(H,14,15). The maximum Gasteiger partial charge on any atom is 0.219 e. The molecule has 2 N–H and O–H groups in total. The summed E-state index contributed by atoms with van der Waals surface area (Å²) >= 11 is 0. The van der Waals surface area contributed by atoms with E-state index in [0.29, 0.717) is 6.42 Å². The first-order valence-electron chi connectivity index (χ1n) is 6.09. The fraction of sp³-hybridized carbons (Fsp3) is 0.667. The summed E-state index contributed by atoms with van der Waals surface area (Å²) < 4.78 is 5.48. The average Bonchev–Trinajstić information content (AvgIpc) is 2.85. The van der Waals surface area contributed by atoms with Crippen molar-refractivity contribution in [1.82, 2.24) is 15.3 Å². The smallest absolute Gasteiger partial charge is 0.219 e. The van der Waals surface area contributed by atoms with Crippen molar-refractivity contribution in [3.05, 3.63) is 18.2 Å². The lowest BCUT2D eigenvalue weighted by molar-refractivity contribution is -0.120. The normalized spacial score (nSPS) is 10.4. The Hall–Kier alpha value is -1.36. The van der Waals surface area contributed by atoms with Gasteiger partial charge in [-0.1, -0.05) is 0 Å². The Morgan fingerprint density at radius 1 is 1.41 bits per heavy atom. The molecule has 5 heteroatoms. The minimum Gasteiger partial charge on any atom is -0.381 e. The highest BCUT2D eigenvalue weighted by molar-refractivity contribution is 5.75. The molecular weight excluding hydrogens is 218 g/mol. The third-order valence-corrected chi connectivity index (χ3v) is 2.50. The molecule has 0 aliphatic heterocycles. The molecule has 0 unspecified atom stereocenters. The maximum atomic E-state index is 10.9. The van der Waals surface area contributed by atoms with E-state index in [1.807, 2.05) is 6.20 Å². The van der Waals surface area contributed by atoms with Crippen molar-refractivity contribution in [2.45, 2.75) is 32.1 Å². The van der Waals surface area contributed by atoms with E-state index >= 15 is 0 Å². The number of unbranched alkanes of at least 4 members (excludes halogenated alkanes) is 1. The van der Waals surface area contributed by atoms with Gasteiger partial charge in [0.05, 0.1) is 12.0 Å². The second-order valence-corrected chi connectivity index (χ2v) is 3.91. The maximum absolute atomic E-state index is 10.9. The molecule has 0 saturated carbocycles. The molecule has 0 aromatic carbocycles. The van der Waals surface area contributed by atoms with Crippen LogP contribution < -0.4 is 5.32 Å². The monoisotopic (exact) mass is 239 g/mol.